The predicted octanol–water partition coefficient (Wildman–Crippen LogP) is 1.33. The molecule has 1 aliphatic rings. The van der Waals surface area contributed by atoms with Gasteiger partial charge in [0.15, 0.2) is 6.10 Å². The number of aliphatic carboxylic acids is 1. The first kappa shape index (κ1) is 12.6. The number of carbonyl (C=O) groups is 2. The predicted molar refractivity (Wildman–Crippen MR) is 62.2 cm³/mol. The number of carbonyl (C=O) groups excluding carboxylic acids is 1. The van der Waals surface area contributed by atoms with Crippen molar-refractivity contribution in [3.05, 3.63) is 35.9 Å². The molecule has 0 amide bonds. The minimum Gasteiger partial charge on any atom is -0.479 e. The summed E-state index contributed by atoms with van der Waals surface area (Å²) in [4.78, 5) is 22.5. The number of hydrogen-bond donors (Lipinski definition) is 1. The lowest BCUT2D eigenvalue weighted by Gasteiger charge is -2.14. The van der Waals surface area contributed by atoms with E-state index in [-0.39, 0.29) is 12.5 Å². The zero-order valence-corrected chi connectivity index (χ0v) is 9.74. The van der Waals surface area contributed by atoms with E-state index in [4.69, 9.17) is 14.6 Å². The lowest BCUT2D eigenvalue weighted by Crippen LogP contribution is -2.29. The van der Waals surface area contributed by atoms with Gasteiger partial charge in [0.1, 0.15) is 0 Å². The molecule has 1 saturated heterocycles. The van der Waals surface area contributed by atoms with E-state index in [1.807, 2.05) is 6.07 Å². The van der Waals surface area contributed by atoms with Crippen LogP contribution in [0.25, 0.3) is 0 Å². The Hall–Kier alpha value is -1.88. The SMILES string of the molecule is O=C(OC[C@@H]1CCO[C@H]1C(=O)O)c1ccccc1. The highest BCUT2D eigenvalue weighted by atomic mass is 16.5. The van der Waals surface area contributed by atoms with Gasteiger partial charge >= 0.3 is 11.9 Å². The van der Waals surface area contributed by atoms with Gasteiger partial charge in [-0.1, -0.05) is 18.2 Å². The van der Waals surface area contributed by atoms with Crippen molar-refractivity contribution in [1.82, 2.24) is 0 Å². The maximum atomic E-state index is 11.7. The number of benzene rings is 1. The van der Waals surface area contributed by atoms with Crippen LogP contribution < -0.4 is 0 Å². The van der Waals surface area contributed by atoms with Crippen molar-refractivity contribution in [3.63, 3.8) is 0 Å². The highest BCUT2D eigenvalue weighted by Gasteiger charge is 2.35. The summed E-state index contributed by atoms with van der Waals surface area (Å²) < 4.78 is 10.2. The highest BCUT2D eigenvalue weighted by molar-refractivity contribution is 5.89. The molecule has 1 fully saturated rings. The van der Waals surface area contributed by atoms with E-state index in [2.05, 4.69) is 0 Å². The van der Waals surface area contributed by atoms with Crippen LogP contribution in [0.15, 0.2) is 30.3 Å². The van der Waals surface area contributed by atoms with E-state index in [9.17, 15) is 9.59 Å². The van der Waals surface area contributed by atoms with Gasteiger partial charge in [-0.2, -0.15) is 0 Å². The van der Waals surface area contributed by atoms with Crippen LogP contribution >= 0.6 is 0 Å². The normalized spacial score (nSPS) is 22.7. The van der Waals surface area contributed by atoms with Gasteiger partial charge in [0.05, 0.1) is 12.2 Å². The number of carboxylic acids is 1. The van der Waals surface area contributed by atoms with Gasteiger partial charge in [-0.3, -0.25) is 0 Å². The van der Waals surface area contributed by atoms with Crippen LogP contribution in [0.3, 0.4) is 0 Å². The van der Waals surface area contributed by atoms with Crippen molar-refractivity contribution in [2.75, 3.05) is 13.2 Å². The number of rotatable bonds is 4. The average molecular weight is 250 g/mol. The Morgan fingerprint density at radius 2 is 2.06 bits per heavy atom. The molecule has 5 nitrogen and oxygen atoms in total. The first-order valence-corrected chi connectivity index (χ1v) is 5.75. The van der Waals surface area contributed by atoms with E-state index in [1.165, 1.54) is 0 Å². The zero-order valence-electron chi connectivity index (χ0n) is 9.74. The van der Waals surface area contributed by atoms with Gasteiger partial charge in [-0.05, 0) is 18.6 Å². The third-order valence-electron chi connectivity index (χ3n) is 2.90. The Morgan fingerprint density at radius 3 is 2.72 bits per heavy atom. The second kappa shape index (κ2) is 5.64. The summed E-state index contributed by atoms with van der Waals surface area (Å²) in [5.41, 5.74) is 0.461. The van der Waals surface area contributed by atoms with Crippen LogP contribution in [0, 0.1) is 5.92 Å². The molecule has 18 heavy (non-hydrogen) atoms. The van der Waals surface area contributed by atoms with Crippen LogP contribution in [0.2, 0.25) is 0 Å². The molecule has 0 unspecified atom stereocenters. The average Bonchev–Trinajstić information content (AvgIpc) is 2.85. The number of carboxylic acid groups (broad SMARTS) is 1. The van der Waals surface area contributed by atoms with E-state index in [0.29, 0.717) is 18.6 Å². The van der Waals surface area contributed by atoms with Crippen LogP contribution in [0.4, 0.5) is 0 Å². The van der Waals surface area contributed by atoms with Gasteiger partial charge in [-0.25, -0.2) is 9.59 Å². The number of hydrogen-bond acceptors (Lipinski definition) is 4. The molecule has 1 aliphatic heterocycles. The molecule has 0 spiro atoms. The topological polar surface area (TPSA) is 72.8 Å². The van der Waals surface area contributed by atoms with Gasteiger partial charge in [0.25, 0.3) is 0 Å². The molecule has 2 rings (SSSR count). The first-order chi connectivity index (χ1) is 8.68. The molecule has 1 aromatic rings. The van der Waals surface area contributed by atoms with Gasteiger partial charge in [-0.15, -0.1) is 0 Å². The number of esters is 1. The molecule has 96 valence electrons. The van der Waals surface area contributed by atoms with Gasteiger partial charge < -0.3 is 14.6 Å². The van der Waals surface area contributed by atoms with Crippen LogP contribution in [-0.4, -0.2) is 36.4 Å². The summed E-state index contributed by atoms with van der Waals surface area (Å²) in [5, 5.41) is 8.90. The van der Waals surface area contributed by atoms with Crippen molar-refractivity contribution in [3.8, 4) is 0 Å². The Kier molecular flexibility index (Phi) is 3.94. The lowest BCUT2D eigenvalue weighted by molar-refractivity contribution is -0.149. The third kappa shape index (κ3) is 2.87. The summed E-state index contributed by atoms with van der Waals surface area (Å²) in [5.74, 6) is -1.71. The molecule has 0 saturated carbocycles. The summed E-state index contributed by atoms with van der Waals surface area (Å²) in [7, 11) is 0. The van der Waals surface area contributed by atoms with Crippen molar-refractivity contribution < 1.29 is 24.2 Å². The minimum absolute atomic E-state index is 0.0741. The fourth-order valence-electron chi connectivity index (χ4n) is 1.92. The summed E-state index contributed by atoms with van der Waals surface area (Å²) in [6.07, 6.45) is -0.271. The minimum atomic E-state index is -1.01. The second-order valence-corrected chi connectivity index (χ2v) is 4.14. The Bertz CT molecular complexity index is 428. The maximum Gasteiger partial charge on any atom is 0.338 e. The monoisotopic (exact) mass is 250 g/mol. The smallest absolute Gasteiger partial charge is 0.338 e. The molecule has 0 radical (unpaired) electrons. The third-order valence-corrected chi connectivity index (χ3v) is 2.90. The fourth-order valence-corrected chi connectivity index (χ4v) is 1.92. The molecular formula is C13H14O5. The van der Waals surface area contributed by atoms with Crippen molar-refractivity contribution in [2.24, 2.45) is 5.92 Å². The molecule has 0 aromatic heterocycles. The van der Waals surface area contributed by atoms with E-state index in [1.54, 1.807) is 24.3 Å². The van der Waals surface area contributed by atoms with E-state index >= 15 is 0 Å². The van der Waals surface area contributed by atoms with E-state index in [0.717, 1.165) is 0 Å². The van der Waals surface area contributed by atoms with Crippen LogP contribution in [-0.2, 0) is 14.3 Å². The Labute approximate surface area is 104 Å². The molecule has 1 N–H and O–H groups in total. The molecule has 0 bridgehead atoms. The van der Waals surface area contributed by atoms with Crippen LogP contribution in [0.5, 0.6) is 0 Å². The molecule has 5 heteroatoms. The van der Waals surface area contributed by atoms with Gasteiger partial charge in [0, 0.05) is 12.5 Å². The maximum absolute atomic E-state index is 11.7. The lowest BCUT2D eigenvalue weighted by atomic mass is 10.0. The van der Waals surface area contributed by atoms with Crippen LogP contribution in [0.1, 0.15) is 16.8 Å². The second-order valence-electron chi connectivity index (χ2n) is 4.14. The molecule has 1 aromatic carbocycles. The summed E-state index contributed by atoms with van der Waals surface area (Å²) >= 11 is 0. The molecule has 1 heterocycles. The highest BCUT2D eigenvalue weighted by Crippen LogP contribution is 2.21. The Morgan fingerprint density at radius 1 is 1.33 bits per heavy atom. The van der Waals surface area contributed by atoms with Crippen molar-refractivity contribution >= 4 is 11.9 Å². The zero-order chi connectivity index (χ0) is 13.0. The quantitative estimate of drug-likeness (QED) is 0.816. The van der Waals surface area contributed by atoms with E-state index < -0.39 is 18.0 Å². The van der Waals surface area contributed by atoms with Crippen molar-refractivity contribution in [2.45, 2.75) is 12.5 Å². The fraction of sp³-hybridized carbons (Fsp3) is 0.385. The standard InChI is InChI=1S/C13H14O5/c14-12(15)11-10(6-7-17-11)8-18-13(16)9-4-2-1-3-5-9/h1-5,10-11H,6-8H2,(H,14,15)/t10-,11+/m0/s1. The molecular weight excluding hydrogens is 236 g/mol. The van der Waals surface area contributed by atoms with Gasteiger partial charge in [0.2, 0.25) is 0 Å². The first-order valence-electron chi connectivity index (χ1n) is 5.75. The number of ether oxygens (including phenoxy) is 2. The summed E-state index contributed by atoms with van der Waals surface area (Å²) in [6, 6.07) is 8.61. The summed E-state index contributed by atoms with van der Waals surface area (Å²) in [6.45, 7) is 0.467. The van der Waals surface area contributed by atoms with Crippen molar-refractivity contribution in [1.29, 1.82) is 0 Å². The molecule has 2 atom stereocenters. The Balaban J connectivity index is 1.88. The molecule has 0 aliphatic carbocycles. The largest absolute Gasteiger partial charge is 0.479 e.